The molecule has 3 N–H and O–H groups in total. The van der Waals surface area contributed by atoms with Gasteiger partial charge in [-0.15, -0.1) is 10.2 Å². The highest BCUT2D eigenvalue weighted by molar-refractivity contribution is 6.30. The number of halogens is 3. The van der Waals surface area contributed by atoms with Gasteiger partial charge < -0.3 is 10.8 Å². The first-order valence-corrected chi connectivity index (χ1v) is 10.9. The minimum Gasteiger partial charge on any atom is -0.378 e. The van der Waals surface area contributed by atoms with Gasteiger partial charge in [-0.05, 0) is 68.2 Å². The van der Waals surface area contributed by atoms with Crippen molar-refractivity contribution in [1.29, 1.82) is 0 Å². The van der Waals surface area contributed by atoms with Gasteiger partial charge in [-0.25, -0.2) is 13.8 Å². The standard InChI is InChI=1S/C25H22ClF2N5O/c1-14(10-15-11-16(27)13-17(28)12-15)22-19(5-4-18(30-22)8-9-25(2,3)34)20-6-7-21(26)33-23(20)31-32-24(33)29/h4-7,11-14,34H,10H2,1-3H3,(H2,29,32)/t14-/m0/s1. The number of benzene rings is 1. The minimum absolute atomic E-state index is 0.146. The van der Waals surface area contributed by atoms with Crippen molar-refractivity contribution in [2.75, 3.05) is 5.73 Å². The molecule has 0 fully saturated rings. The topological polar surface area (TPSA) is 89.3 Å². The van der Waals surface area contributed by atoms with Crippen LogP contribution in [0.5, 0.6) is 0 Å². The van der Waals surface area contributed by atoms with E-state index >= 15 is 0 Å². The summed E-state index contributed by atoms with van der Waals surface area (Å²) < 4.78 is 29.1. The molecule has 0 bridgehead atoms. The Morgan fingerprint density at radius 1 is 1.09 bits per heavy atom. The van der Waals surface area contributed by atoms with Crippen molar-refractivity contribution in [3.63, 3.8) is 0 Å². The fourth-order valence-corrected chi connectivity index (χ4v) is 3.97. The quantitative estimate of drug-likeness (QED) is 0.323. The van der Waals surface area contributed by atoms with Gasteiger partial charge in [0.2, 0.25) is 5.95 Å². The minimum atomic E-state index is -1.19. The lowest BCUT2D eigenvalue weighted by molar-refractivity contribution is 0.143. The van der Waals surface area contributed by atoms with Crippen molar-refractivity contribution in [3.8, 4) is 23.0 Å². The smallest absolute Gasteiger partial charge is 0.227 e. The maximum absolute atomic E-state index is 13.8. The molecule has 0 saturated carbocycles. The van der Waals surface area contributed by atoms with E-state index in [4.69, 9.17) is 22.3 Å². The Bertz CT molecular complexity index is 1430. The van der Waals surface area contributed by atoms with Gasteiger partial charge in [-0.3, -0.25) is 4.40 Å². The summed E-state index contributed by atoms with van der Waals surface area (Å²) >= 11 is 6.29. The van der Waals surface area contributed by atoms with E-state index in [0.29, 0.717) is 39.7 Å². The molecule has 0 radical (unpaired) electrons. The Morgan fingerprint density at radius 3 is 2.44 bits per heavy atom. The largest absolute Gasteiger partial charge is 0.378 e. The van der Waals surface area contributed by atoms with Crippen LogP contribution in [-0.4, -0.2) is 30.3 Å². The zero-order valence-electron chi connectivity index (χ0n) is 18.8. The van der Waals surface area contributed by atoms with Crippen LogP contribution in [0, 0.1) is 23.5 Å². The zero-order chi connectivity index (χ0) is 24.6. The molecular weight excluding hydrogens is 460 g/mol. The van der Waals surface area contributed by atoms with Gasteiger partial charge in [0.05, 0.1) is 5.69 Å². The number of fused-ring (bicyclic) bond motifs is 1. The predicted octanol–water partition coefficient (Wildman–Crippen LogP) is 4.77. The molecule has 4 aromatic rings. The molecule has 0 aliphatic heterocycles. The van der Waals surface area contributed by atoms with Crippen molar-refractivity contribution in [2.24, 2.45) is 0 Å². The summed E-state index contributed by atoms with van der Waals surface area (Å²) in [6.45, 7) is 5.07. The Hall–Kier alpha value is -3.54. The summed E-state index contributed by atoms with van der Waals surface area (Å²) in [6, 6.07) is 10.5. The fourth-order valence-electron chi connectivity index (χ4n) is 3.74. The summed E-state index contributed by atoms with van der Waals surface area (Å²) in [6.07, 6.45) is 0.329. The van der Waals surface area contributed by atoms with Crippen LogP contribution in [0.2, 0.25) is 5.15 Å². The lowest BCUT2D eigenvalue weighted by Gasteiger charge is -2.17. The zero-order valence-corrected chi connectivity index (χ0v) is 19.5. The second-order valence-electron chi connectivity index (χ2n) is 8.61. The maximum atomic E-state index is 13.8. The summed E-state index contributed by atoms with van der Waals surface area (Å²) in [4.78, 5) is 4.74. The first-order valence-electron chi connectivity index (χ1n) is 10.5. The monoisotopic (exact) mass is 481 g/mol. The van der Waals surface area contributed by atoms with E-state index in [1.807, 2.05) is 13.0 Å². The Balaban J connectivity index is 1.86. The second kappa shape index (κ2) is 9.01. The van der Waals surface area contributed by atoms with E-state index in [1.54, 1.807) is 32.0 Å². The average molecular weight is 482 g/mol. The highest BCUT2D eigenvalue weighted by atomic mass is 35.5. The SMILES string of the molecule is C[C@@H](Cc1cc(F)cc(F)c1)c1nc(C#CC(C)(C)O)ccc1-c1ccc(Cl)n2c(N)nnc12. The summed E-state index contributed by atoms with van der Waals surface area (Å²) in [5.74, 6) is 4.25. The van der Waals surface area contributed by atoms with E-state index < -0.39 is 17.2 Å². The molecule has 0 unspecified atom stereocenters. The molecule has 0 saturated heterocycles. The fraction of sp³-hybridized carbons (Fsp3) is 0.240. The van der Waals surface area contributed by atoms with Gasteiger partial charge in [-0.2, -0.15) is 0 Å². The predicted molar refractivity (Wildman–Crippen MR) is 127 cm³/mol. The molecule has 174 valence electrons. The van der Waals surface area contributed by atoms with E-state index in [-0.39, 0.29) is 11.9 Å². The molecule has 3 heterocycles. The summed E-state index contributed by atoms with van der Waals surface area (Å²) in [5.41, 5.74) is 8.20. The number of nitrogens with zero attached hydrogens (tertiary/aromatic N) is 4. The third-order valence-electron chi connectivity index (χ3n) is 5.17. The van der Waals surface area contributed by atoms with E-state index in [0.717, 1.165) is 11.6 Å². The van der Waals surface area contributed by atoms with Gasteiger partial charge >= 0.3 is 0 Å². The molecule has 1 aromatic carbocycles. The Morgan fingerprint density at radius 2 is 1.76 bits per heavy atom. The molecule has 9 heteroatoms. The molecular formula is C25H22ClF2N5O. The van der Waals surface area contributed by atoms with Crippen LogP contribution in [0.15, 0.2) is 42.5 Å². The number of rotatable bonds is 4. The number of hydrogen-bond donors (Lipinski definition) is 2. The lowest BCUT2D eigenvalue weighted by atomic mass is 9.91. The van der Waals surface area contributed by atoms with Crippen LogP contribution < -0.4 is 5.73 Å². The van der Waals surface area contributed by atoms with Crippen molar-refractivity contribution < 1.29 is 13.9 Å². The second-order valence-corrected chi connectivity index (χ2v) is 9.00. The molecule has 1 atom stereocenters. The number of nitrogen functional groups attached to an aromatic ring is 1. The van der Waals surface area contributed by atoms with E-state index in [9.17, 15) is 13.9 Å². The van der Waals surface area contributed by atoms with Gasteiger partial charge in [0.1, 0.15) is 28.1 Å². The normalized spacial score (nSPS) is 12.4. The molecule has 4 rings (SSSR count). The third kappa shape index (κ3) is 5.01. The summed E-state index contributed by atoms with van der Waals surface area (Å²) in [5, 5.41) is 18.4. The maximum Gasteiger partial charge on any atom is 0.227 e. The average Bonchev–Trinajstić information content (AvgIpc) is 3.14. The molecule has 0 amide bonds. The molecule has 6 nitrogen and oxygen atoms in total. The molecule has 0 aliphatic carbocycles. The van der Waals surface area contributed by atoms with Crippen LogP contribution in [0.1, 0.15) is 43.6 Å². The van der Waals surface area contributed by atoms with Crippen LogP contribution in [-0.2, 0) is 6.42 Å². The Labute approximate surface area is 200 Å². The molecule has 0 aliphatic rings. The molecule has 0 spiro atoms. The summed E-state index contributed by atoms with van der Waals surface area (Å²) in [7, 11) is 0. The van der Waals surface area contributed by atoms with Crippen LogP contribution in [0.25, 0.3) is 16.8 Å². The third-order valence-corrected chi connectivity index (χ3v) is 5.47. The van der Waals surface area contributed by atoms with Crippen molar-refractivity contribution in [2.45, 2.75) is 38.7 Å². The Kier molecular flexibility index (Phi) is 6.26. The van der Waals surface area contributed by atoms with Gasteiger partial charge in [-0.1, -0.05) is 24.4 Å². The van der Waals surface area contributed by atoms with Crippen LogP contribution in [0.3, 0.4) is 0 Å². The van der Waals surface area contributed by atoms with Crippen molar-refractivity contribution in [3.05, 3.63) is 76.2 Å². The van der Waals surface area contributed by atoms with Crippen LogP contribution >= 0.6 is 11.6 Å². The van der Waals surface area contributed by atoms with Crippen molar-refractivity contribution >= 4 is 23.2 Å². The highest BCUT2D eigenvalue weighted by Gasteiger charge is 2.20. The van der Waals surface area contributed by atoms with Gasteiger partial charge in [0, 0.05) is 23.1 Å². The van der Waals surface area contributed by atoms with Crippen LogP contribution in [0.4, 0.5) is 14.7 Å². The van der Waals surface area contributed by atoms with Crippen molar-refractivity contribution in [1.82, 2.24) is 19.6 Å². The van der Waals surface area contributed by atoms with E-state index in [1.165, 1.54) is 16.5 Å². The van der Waals surface area contributed by atoms with Gasteiger partial charge in [0.25, 0.3) is 0 Å². The number of aromatic nitrogens is 4. The first-order chi connectivity index (χ1) is 16.0. The molecule has 34 heavy (non-hydrogen) atoms. The van der Waals surface area contributed by atoms with E-state index in [2.05, 4.69) is 22.0 Å². The number of aliphatic hydroxyl groups is 1. The van der Waals surface area contributed by atoms with Gasteiger partial charge in [0.15, 0.2) is 5.65 Å². The first kappa shape index (κ1) is 23.6. The molecule has 3 aromatic heterocycles. The highest BCUT2D eigenvalue weighted by Crippen LogP contribution is 2.34. The lowest BCUT2D eigenvalue weighted by Crippen LogP contribution is -2.14. The number of pyridine rings is 2. The number of nitrogens with two attached hydrogens (primary N) is 1. The number of hydrogen-bond acceptors (Lipinski definition) is 5. The number of anilines is 1.